The molecule has 0 saturated carbocycles. The summed E-state index contributed by atoms with van der Waals surface area (Å²) in [5, 5.41) is 0. The standard InChI is InChI=1S/C11H18N2/c1-4-10(12)9-5-7(2)11(13)8(3)6-9/h5-6,10H,4,12-13H2,1-3H3. The van der Waals surface area contributed by atoms with Crippen LogP contribution in [0.1, 0.15) is 36.1 Å². The Bertz CT molecular complexity index is 282. The monoisotopic (exact) mass is 178 g/mol. The fourth-order valence-corrected chi connectivity index (χ4v) is 1.46. The van der Waals surface area contributed by atoms with Crippen LogP contribution in [0.3, 0.4) is 0 Å². The molecule has 4 N–H and O–H groups in total. The van der Waals surface area contributed by atoms with Gasteiger partial charge in [0.2, 0.25) is 0 Å². The van der Waals surface area contributed by atoms with E-state index in [9.17, 15) is 0 Å². The van der Waals surface area contributed by atoms with Gasteiger partial charge in [-0.2, -0.15) is 0 Å². The van der Waals surface area contributed by atoms with Gasteiger partial charge in [-0.05, 0) is 37.0 Å². The van der Waals surface area contributed by atoms with Crippen LogP contribution >= 0.6 is 0 Å². The van der Waals surface area contributed by atoms with Crippen molar-refractivity contribution < 1.29 is 0 Å². The number of rotatable bonds is 2. The SMILES string of the molecule is CCC(N)c1cc(C)c(N)c(C)c1. The quantitative estimate of drug-likeness (QED) is 0.683. The van der Waals surface area contributed by atoms with Gasteiger partial charge in [0.15, 0.2) is 0 Å². The van der Waals surface area contributed by atoms with Gasteiger partial charge in [0.05, 0.1) is 0 Å². The van der Waals surface area contributed by atoms with Crippen molar-refractivity contribution in [1.82, 2.24) is 0 Å². The second-order valence-corrected chi connectivity index (χ2v) is 3.58. The molecule has 0 amide bonds. The highest BCUT2D eigenvalue weighted by molar-refractivity contribution is 5.54. The number of hydrogen-bond donors (Lipinski definition) is 2. The van der Waals surface area contributed by atoms with Gasteiger partial charge in [0.1, 0.15) is 0 Å². The van der Waals surface area contributed by atoms with Crippen molar-refractivity contribution in [2.75, 3.05) is 5.73 Å². The van der Waals surface area contributed by atoms with Crippen molar-refractivity contribution in [1.29, 1.82) is 0 Å². The number of hydrogen-bond acceptors (Lipinski definition) is 2. The minimum absolute atomic E-state index is 0.137. The van der Waals surface area contributed by atoms with Gasteiger partial charge < -0.3 is 11.5 Å². The van der Waals surface area contributed by atoms with E-state index in [1.807, 2.05) is 13.8 Å². The summed E-state index contributed by atoms with van der Waals surface area (Å²) in [5.74, 6) is 0. The molecular formula is C11H18N2. The fourth-order valence-electron chi connectivity index (χ4n) is 1.46. The average molecular weight is 178 g/mol. The lowest BCUT2D eigenvalue weighted by molar-refractivity contribution is 0.697. The van der Waals surface area contributed by atoms with Crippen LogP contribution < -0.4 is 11.5 Å². The highest BCUT2D eigenvalue weighted by atomic mass is 14.6. The summed E-state index contributed by atoms with van der Waals surface area (Å²) >= 11 is 0. The molecule has 1 rings (SSSR count). The minimum atomic E-state index is 0.137. The van der Waals surface area contributed by atoms with Crippen molar-refractivity contribution in [2.45, 2.75) is 33.2 Å². The van der Waals surface area contributed by atoms with Crippen molar-refractivity contribution in [3.63, 3.8) is 0 Å². The van der Waals surface area contributed by atoms with Crippen molar-refractivity contribution in [3.05, 3.63) is 28.8 Å². The molecule has 2 nitrogen and oxygen atoms in total. The Morgan fingerprint density at radius 2 is 1.69 bits per heavy atom. The Morgan fingerprint density at radius 3 is 2.08 bits per heavy atom. The normalized spacial score (nSPS) is 12.9. The molecule has 1 aromatic carbocycles. The predicted molar refractivity (Wildman–Crippen MR) is 57.5 cm³/mol. The molecule has 0 spiro atoms. The Balaban J connectivity index is 3.13. The predicted octanol–water partition coefficient (Wildman–Crippen LogP) is 2.30. The van der Waals surface area contributed by atoms with Gasteiger partial charge in [0, 0.05) is 11.7 Å². The van der Waals surface area contributed by atoms with E-state index in [0.717, 1.165) is 23.2 Å². The molecule has 0 heterocycles. The van der Waals surface area contributed by atoms with E-state index in [-0.39, 0.29) is 6.04 Å². The first-order valence-electron chi connectivity index (χ1n) is 4.68. The largest absolute Gasteiger partial charge is 0.398 e. The Kier molecular flexibility index (Phi) is 2.94. The van der Waals surface area contributed by atoms with E-state index in [1.54, 1.807) is 0 Å². The average Bonchev–Trinajstić information content (AvgIpc) is 2.12. The second kappa shape index (κ2) is 3.79. The molecule has 0 saturated heterocycles. The molecule has 1 unspecified atom stereocenters. The zero-order chi connectivity index (χ0) is 10.0. The highest BCUT2D eigenvalue weighted by Gasteiger charge is 2.06. The minimum Gasteiger partial charge on any atom is -0.398 e. The first-order chi connectivity index (χ1) is 6.06. The summed E-state index contributed by atoms with van der Waals surface area (Å²) < 4.78 is 0. The lowest BCUT2D eigenvalue weighted by Crippen LogP contribution is -2.09. The maximum atomic E-state index is 5.94. The topological polar surface area (TPSA) is 52.0 Å². The lowest BCUT2D eigenvalue weighted by Gasteiger charge is -2.13. The van der Waals surface area contributed by atoms with E-state index in [2.05, 4.69) is 19.1 Å². The van der Waals surface area contributed by atoms with Crippen molar-refractivity contribution in [2.24, 2.45) is 5.73 Å². The molecule has 72 valence electrons. The molecule has 0 radical (unpaired) electrons. The third-order valence-corrected chi connectivity index (χ3v) is 2.48. The van der Waals surface area contributed by atoms with Crippen LogP contribution in [0.15, 0.2) is 12.1 Å². The Morgan fingerprint density at radius 1 is 1.23 bits per heavy atom. The first-order valence-corrected chi connectivity index (χ1v) is 4.68. The summed E-state index contributed by atoms with van der Waals surface area (Å²) in [5.41, 5.74) is 16.1. The summed E-state index contributed by atoms with van der Waals surface area (Å²) in [6.07, 6.45) is 0.961. The summed E-state index contributed by atoms with van der Waals surface area (Å²) in [6, 6.07) is 4.30. The van der Waals surface area contributed by atoms with Gasteiger partial charge in [-0.1, -0.05) is 19.1 Å². The molecule has 0 fully saturated rings. The zero-order valence-electron chi connectivity index (χ0n) is 8.59. The molecule has 0 aliphatic carbocycles. The van der Waals surface area contributed by atoms with E-state index in [1.165, 1.54) is 5.56 Å². The van der Waals surface area contributed by atoms with Gasteiger partial charge in [-0.15, -0.1) is 0 Å². The van der Waals surface area contributed by atoms with Crippen LogP contribution in [0.4, 0.5) is 5.69 Å². The molecule has 1 atom stereocenters. The van der Waals surface area contributed by atoms with Gasteiger partial charge in [-0.3, -0.25) is 0 Å². The smallest absolute Gasteiger partial charge is 0.0373 e. The summed E-state index contributed by atoms with van der Waals surface area (Å²) in [6.45, 7) is 6.13. The molecule has 2 heteroatoms. The highest BCUT2D eigenvalue weighted by Crippen LogP contribution is 2.22. The third kappa shape index (κ3) is 2.01. The number of nitrogen functional groups attached to an aromatic ring is 1. The first kappa shape index (κ1) is 10.1. The van der Waals surface area contributed by atoms with E-state index in [0.29, 0.717) is 0 Å². The molecule has 1 aromatic rings. The van der Waals surface area contributed by atoms with Crippen molar-refractivity contribution >= 4 is 5.69 Å². The maximum absolute atomic E-state index is 5.94. The Labute approximate surface area is 79.9 Å². The molecule has 0 bridgehead atoms. The summed E-state index contributed by atoms with van der Waals surface area (Å²) in [7, 11) is 0. The van der Waals surface area contributed by atoms with Gasteiger partial charge in [-0.25, -0.2) is 0 Å². The van der Waals surface area contributed by atoms with Gasteiger partial charge >= 0.3 is 0 Å². The van der Waals surface area contributed by atoms with Crippen LogP contribution in [0, 0.1) is 13.8 Å². The van der Waals surface area contributed by atoms with Crippen LogP contribution in [0.2, 0.25) is 0 Å². The number of nitrogens with two attached hydrogens (primary N) is 2. The molecular weight excluding hydrogens is 160 g/mol. The molecule has 0 aliphatic heterocycles. The number of anilines is 1. The van der Waals surface area contributed by atoms with Gasteiger partial charge in [0.25, 0.3) is 0 Å². The molecule has 0 aromatic heterocycles. The van der Waals surface area contributed by atoms with Crippen LogP contribution in [-0.4, -0.2) is 0 Å². The maximum Gasteiger partial charge on any atom is 0.0373 e. The fraction of sp³-hybridized carbons (Fsp3) is 0.455. The zero-order valence-corrected chi connectivity index (χ0v) is 8.59. The number of benzene rings is 1. The van der Waals surface area contributed by atoms with E-state index in [4.69, 9.17) is 11.5 Å². The Hall–Kier alpha value is -1.02. The van der Waals surface area contributed by atoms with E-state index >= 15 is 0 Å². The van der Waals surface area contributed by atoms with Crippen molar-refractivity contribution in [3.8, 4) is 0 Å². The van der Waals surface area contributed by atoms with E-state index < -0.39 is 0 Å². The molecule has 13 heavy (non-hydrogen) atoms. The van der Waals surface area contributed by atoms with Crippen LogP contribution in [0.25, 0.3) is 0 Å². The third-order valence-electron chi connectivity index (χ3n) is 2.48. The second-order valence-electron chi connectivity index (χ2n) is 3.58. The van der Waals surface area contributed by atoms with Crippen LogP contribution in [0.5, 0.6) is 0 Å². The number of aryl methyl sites for hydroxylation is 2. The lowest BCUT2D eigenvalue weighted by atomic mass is 9.99. The summed E-state index contributed by atoms with van der Waals surface area (Å²) in [4.78, 5) is 0. The van der Waals surface area contributed by atoms with Crippen LogP contribution in [-0.2, 0) is 0 Å². The molecule has 0 aliphatic rings.